The summed E-state index contributed by atoms with van der Waals surface area (Å²) in [6, 6.07) is 5.40. The first-order valence-electron chi connectivity index (χ1n) is 6.62. The Balaban J connectivity index is 2.90. The predicted molar refractivity (Wildman–Crippen MR) is 81.6 cm³/mol. The molecule has 0 aliphatic rings. The van der Waals surface area contributed by atoms with Gasteiger partial charge in [0, 0.05) is 32.0 Å². The zero-order chi connectivity index (χ0) is 14.6. The number of anilines is 2. The van der Waals surface area contributed by atoms with Gasteiger partial charge in [0.15, 0.2) is 0 Å². The minimum atomic E-state index is -0.0717. The smallest absolute Gasteiger partial charge is 0.253 e. The normalized spacial score (nSPS) is 11.2. The highest BCUT2D eigenvalue weighted by molar-refractivity contribution is 6.00. The van der Waals surface area contributed by atoms with E-state index in [1.807, 2.05) is 31.1 Å². The van der Waals surface area contributed by atoms with Gasteiger partial charge < -0.3 is 16.0 Å². The Bertz CT molecular complexity index is 453. The van der Waals surface area contributed by atoms with Crippen molar-refractivity contribution in [2.75, 3.05) is 31.3 Å². The summed E-state index contributed by atoms with van der Waals surface area (Å²) in [6.45, 7) is 7.06. The van der Waals surface area contributed by atoms with Gasteiger partial charge in [-0.05, 0) is 30.0 Å². The third kappa shape index (κ3) is 4.16. The van der Waals surface area contributed by atoms with Crippen molar-refractivity contribution in [3.63, 3.8) is 0 Å². The summed E-state index contributed by atoms with van der Waals surface area (Å²) in [5, 5.41) is 2.99. The van der Waals surface area contributed by atoms with Crippen molar-refractivity contribution in [3.05, 3.63) is 23.8 Å². The van der Waals surface area contributed by atoms with E-state index in [0.717, 1.165) is 12.1 Å². The van der Waals surface area contributed by atoms with Gasteiger partial charge in [0.25, 0.3) is 5.91 Å². The number of benzene rings is 1. The Kier molecular flexibility index (Phi) is 4.81. The van der Waals surface area contributed by atoms with Gasteiger partial charge in [-0.1, -0.05) is 20.8 Å². The highest BCUT2D eigenvalue weighted by Crippen LogP contribution is 2.22. The van der Waals surface area contributed by atoms with Crippen LogP contribution in [-0.2, 0) is 0 Å². The van der Waals surface area contributed by atoms with Gasteiger partial charge in [-0.3, -0.25) is 4.79 Å². The monoisotopic (exact) mass is 263 g/mol. The summed E-state index contributed by atoms with van der Waals surface area (Å²) in [6.07, 6.45) is 1.02. The molecule has 1 aromatic rings. The van der Waals surface area contributed by atoms with Gasteiger partial charge >= 0.3 is 0 Å². The van der Waals surface area contributed by atoms with E-state index in [4.69, 9.17) is 5.73 Å². The SMILES string of the molecule is CCC(C)(C)CNC(=O)c1cc(N)ccc1N(C)C. The molecule has 0 bridgehead atoms. The van der Waals surface area contributed by atoms with Crippen LogP contribution < -0.4 is 16.0 Å². The molecule has 0 aromatic heterocycles. The maximum absolute atomic E-state index is 12.3. The van der Waals surface area contributed by atoms with E-state index in [2.05, 4.69) is 26.1 Å². The minimum absolute atomic E-state index is 0.0717. The molecule has 0 saturated heterocycles. The highest BCUT2D eigenvalue weighted by Gasteiger charge is 2.18. The lowest BCUT2D eigenvalue weighted by atomic mass is 9.90. The summed E-state index contributed by atoms with van der Waals surface area (Å²) < 4.78 is 0. The maximum Gasteiger partial charge on any atom is 0.253 e. The van der Waals surface area contributed by atoms with Crippen molar-refractivity contribution in [1.29, 1.82) is 0 Å². The average Bonchev–Trinajstić information content (AvgIpc) is 2.35. The second-order valence-corrected chi connectivity index (χ2v) is 5.87. The van der Waals surface area contributed by atoms with Gasteiger partial charge in [0.1, 0.15) is 0 Å². The summed E-state index contributed by atoms with van der Waals surface area (Å²) in [4.78, 5) is 14.2. The van der Waals surface area contributed by atoms with Crippen molar-refractivity contribution < 1.29 is 4.79 Å². The number of carbonyl (C=O) groups is 1. The van der Waals surface area contributed by atoms with Crippen molar-refractivity contribution in [3.8, 4) is 0 Å². The average molecular weight is 263 g/mol. The van der Waals surface area contributed by atoms with Crippen molar-refractivity contribution in [2.24, 2.45) is 5.41 Å². The molecule has 3 N–H and O–H groups in total. The molecule has 4 nitrogen and oxygen atoms in total. The lowest BCUT2D eigenvalue weighted by molar-refractivity contribution is 0.0936. The fraction of sp³-hybridized carbons (Fsp3) is 0.533. The second-order valence-electron chi connectivity index (χ2n) is 5.87. The summed E-state index contributed by atoms with van der Waals surface area (Å²) in [5.74, 6) is -0.0717. The number of nitrogens with zero attached hydrogens (tertiary/aromatic N) is 1. The molecule has 0 unspecified atom stereocenters. The van der Waals surface area contributed by atoms with Crippen LogP contribution in [0, 0.1) is 5.41 Å². The number of hydrogen-bond donors (Lipinski definition) is 2. The van der Waals surface area contributed by atoms with Gasteiger partial charge in [0.05, 0.1) is 5.56 Å². The van der Waals surface area contributed by atoms with Crippen LogP contribution in [0.5, 0.6) is 0 Å². The van der Waals surface area contributed by atoms with Crippen LogP contribution in [0.25, 0.3) is 0 Å². The van der Waals surface area contributed by atoms with Crippen LogP contribution in [0.15, 0.2) is 18.2 Å². The number of rotatable bonds is 5. The summed E-state index contributed by atoms with van der Waals surface area (Å²) >= 11 is 0. The van der Waals surface area contributed by atoms with Crippen LogP contribution in [0.3, 0.4) is 0 Å². The lowest BCUT2D eigenvalue weighted by Crippen LogP contribution is -2.34. The molecule has 0 spiro atoms. The molecule has 4 heteroatoms. The van der Waals surface area contributed by atoms with E-state index >= 15 is 0 Å². The molecule has 0 aliphatic carbocycles. The highest BCUT2D eigenvalue weighted by atomic mass is 16.1. The Morgan fingerprint density at radius 3 is 2.53 bits per heavy atom. The molecule has 0 saturated carbocycles. The fourth-order valence-corrected chi connectivity index (χ4v) is 1.67. The first-order valence-corrected chi connectivity index (χ1v) is 6.62. The summed E-state index contributed by atoms with van der Waals surface area (Å²) in [5.41, 5.74) is 7.98. The Hall–Kier alpha value is -1.71. The van der Waals surface area contributed by atoms with E-state index in [1.54, 1.807) is 6.07 Å². The maximum atomic E-state index is 12.3. The zero-order valence-electron chi connectivity index (χ0n) is 12.6. The van der Waals surface area contributed by atoms with Gasteiger partial charge in [-0.25, -0.2) is 0 Å². The third-order valence-electron chi connectivity index (χ3n) is 3.43. The van der Waals surface area contributed by atoms with Crippen molar-refractivity contribution in [2.45, 2.75) is 27.2 Å². The number of carbonyl (C=O) groups excluding carboxylic acids is 1. The van der Waals surface area contributed by atoms with Crippen LogP contribution in [0.4, 0.5) is 11.4 Å². The number of amides is 1. The van der Waals surface area contributed by atoms with E-state index in [1.165, 1.54) is 0 Å². The minimum Gasteiger partial charge on any atom is -0.399 e. The van der Waals surface area contributed by atoms with Crippen LogP contribution in [-0.4, -0.2) is 26.5 Å². The molecular formula is C15H25N3O. The first kappa shape index (κ1) is 15.3. The van der Waals surface area contributed by atoms with E-state index in [9.17, 15) is 4.79 Å². The van der Waals surface area contributed by atoms with Gasteiger partial charge in [0.2, 0.25) is 0 Å². The predicted octanol–water partition coefficient (Wildman–Crippen LogP) is 2.50. The molecule has 0 fully saturated rings. The van der Waals surface area contributed by atoms with Gasteiger partial charge in [-0.2, -0.15) is 0 Å². The second kappa shape index (κ2) is 5.95. The largest absolute Gasteiger partial charge is 0.399 e. The van der Waals surface area contributed by atoms with Crippen molar-refractivity contribution >= 4 is 17.3 Å². The van der Waals surface area contributed by atoms with E-state index in [0.29, 0.717) is 17.8 Å². The number of nitrogens with one attached hydrogen (secondary N) is 1. The van der Waals surface area contributed by atoms with Gasteiger partial charge in [-0.15, -0.1) is 0 Å². The first-order chi connectivity index (χ1) is 8.76. The van der Waals surface area contributed by atoms with Crippen LogP contribution in [0.1, 0.15) is 37.6 Å². The third-order valence-corrected chi connectivity index (χ3v) is 3.43. The molecular weight excluding hydrogens is 238 g/mol. The fourth-order valence-electron chi connectivity index (χ4n) is 1.67. The Morgan fingerprint density at radius 1 is 1.37 bits per heavy atom. The molecule has 0 heterocycles. The lowest BCUT2D eigenvalue weighted by Gasteiger charge is -2.24. The molecule has 1 aromatic carbocycles. The Morgan fingerprint density at radius 2 is 2.00 bits per heavy atom. The van der Waals surface area contributed by atoms with Crippen molar-refractivity contribution in [1.82, 2.24) is 5.32 Å². The molecule has 0 radical (unpaired) electrons. The number of nitrogen functional groups attached to an aromatic ring is 1. The van der Waals surface area contributed by atoms with Crippen LogP contribution in [0.2, 0.25) is 0 Å². The van der Waals surface area contributed by atoms with Crippen LogP contribution >= 0.6 is 0 Å². The molecule has 1 rings (SSSR count). The van der Waals surface area contributed by atoms with E-state index < -0.39 is 0 Å². The number of nitrogens with two attached hydrogens (primary N) is 1. The molecule has 0 atom stereocenters. The number of hydrogen-bond acceptors (Lipinski definition) is 3. The topological polar surface area (TPSA) is 58.4 Å². The molecule has 106 valence electrons. The van der Waals surface area contributed by atoms with E-state index in [-0.39, 0.29) is 11.3 Å². The quantitative estimate of drug-likeness (QED) is 0.802. The zero-order valence-corrected chi connectivity index (χ0v) is 12.6. The standard InChI is InChI=1S/C15H25N3O/c1-6-15(2,3)10-17-14(19)12-9-11(16)7-8-13(12)18(4)5/h7-9H,6,10,16H2,1-5H3,(H,17,19). The molecule has 1 amide bonds. The summed E-state index contributed by atoms with van der Waals surface area (Å²) in [7, 11) is 3.83. The Labute approximate surface area is 116 Å². The molecule has 19 heavy (non-hydrogen) atoms. The molecule has 0 aliphatic heterocycles.